The van der Waals surface area contributed by atoms with E-state index in [-0.39, 0.29) is 5.92 Å². The first-order valence-corrected chi connectivity index (χ1v) is 6.21. The van der Waals surface area contributed by atoms with Gasteiger partial charge in [0, 0.05) is 13.1 Å². The Morgan fingerprint density at radius 2 is 2.00 bits per heavy atom. The third kappa shape index (κ3) is 2.64. The molecule has 1 aromatic carbocycles. The maximum Gasteiger partial charge on any atom is 0.307 e. The van der Waals surface area contributed by atoms with Gasteiger partial charge in [-0.1, -0.05) is 12.1 Å². The number of phenols is 1. The van der Waals surface area contributed by atoms with E-state index in [9.17, 15) is 9.90 Å². The Balaban J connectivity index is 2.05. The standard InChI is InChI=1S/C14H19NO3/c1-9-5-11(6-10(2)13(9)16)7-15-4-3-12(8-15)14(17)18/h5-6,12,16H,3-4,7-8H2,1-2H3,(H,17,18). The molecule has 1 aliphatic rings. The summed E-state index contributed by atoms with van der Waals surface area (Å²) in [6, 6.07) is 3.94. The van der Waals surface area contributed by atoms with Gasteiger partial charge >= 0.3 is 5.97 Å². The second-order valence-electron chi connectivity index (χ2n) is 5.14. The Labute approximate surface area is 107 Å². The van der Waals surface area contributed by atoms with Crippen LogP contribution in [0.15, 0.2) is 12.1 Å². The van der Waals surface area contributed by atoms with Gasteiger partial charge in [0.05, 0.1) is 5.92 Å². The molecule has 1 heterocycles. The molecule has 1 atom stereocenters. The molecule has 4 heteroatoms. The van der Waals surface area contributed by atoms with E-state index in [2.05, 4.69) is 4.90 Å². The number of hydrogen-bond acceptors (Lipinski definition) is 3. The molecular weight excluding hydrogens is 230 g/mol. The number of aliphatic carboxylic acids is 1. The van der Waals surface area contributed by atoms with Crippen molar-refractivity contribution < 1.29 is 15.0 Å². The zero-order chi connectivity index (χ0) is 13.3. The zero-order valence-corrected chi connectivity index (χ0v) is 10.8. The van der Waals surface area contributed by atoms with Gasteiger partial charge in [-0.15, -0.1) is 0 Å². The predicted octanol–water partition coefficient (Wildman–Crippen LogP) is 1.92. The number of carboxylic acid groups (broad SMARTS) is 1. The monoisotopic (exact) mass is 249 g/mol. The van der Waals surface area contributed by atoms with Crippen molar-refractivity contribution in [3.63, 3.8) is 0 Å². The Morgan fingerprint density at radius 1 is 1.39 bits per heavy atom. The van der Waals surface area contributed by atoms with E-state index < -0.39 is 5.97 Å². The molecule has 2 N–H and O–H groups in total. The Kier molecular flexibility index (Phi) is 3.57. The van der Waals surface area contributed by atoms with Crippen LogP contribution in [0.3, 0.4) is 0 Å². The van der Waals surface area contributed by atoms with E-state index >= 15 is 0 Å². The summed E-state index contributed by atoms with van der Waals surface area (Å²) in [4.78, 5) is 13.0. The molecule has 1 fully saturated rings. The molecule has 0 bridgehead atoms. The Bertz CT molecular complexity index is 447. The lowest BCUT2D eigenvalue weighted by atomic mass is 10.1. The number of hydrogen-bond donors (Lipinski definition) is 2. The first-order chi connectivity index (χ1) is 8.47. The molecule has 0 amide bonds. The van der Waals surface area contributed by atoms with Crippen LogP contribution >= 0.6 is 0 Å². The summed E-state index contributed by atoms with van der Waals surface area (Å²) in [5, 5.41) is 18.7. The summed E-state index contributed by atoms with van der Waals surface area (Å²) in [6.07, 6.45) is 0.728. The summed E-state index contributed by atoms with van der Waals surface area (Å²) in [6.45, 7) is 5.97. The van der Waals surface area contributed by atoms with Crippen molar-refractivity contribution >= 4 is 5.97 Å². The lowest BCUT2D eigenvalue weighted by Crippen LogP contribution is -2.22. The van der Waals surface area contributed by atoms with E-state index in [1.54, 1.807) is 0 Å². The number of carboxylic acids is 1. The van der Waals surface area contributed by atoms with Crippen molar-refractivity contribution in [3.8, 4) is 5.75 Å². The maximum atomic E-state index is 10.9. The van der Waals surface area contributed by atoms with Crippen LogP contribution in [-0.2, 0) is 11.3 Å². The Morgan fingerprint density at radius 3 is 2.50 bits per heavy atom. The van der Waals surface area contributed by atoms with Crippen LogP contribution in [0.1, 0.15) is 23.1 Å². The molecule has 1 unspecified atom stereocenters. The number of benzene rings is 1. The normalized spacial score (nSPS) is 20.2. The highest BCUT2D eigenvalue weighted by Gasteiger charge is 2.27. The zero-order valence-electron chi connectivity index (χ0n) is 10.8. The van der Waals surface area contributed by atoms with E-state index in [1.807, 2.05) is 26.0 Å². The second-order valence-corrected chi connectivity index (χ2v) is 5.14. The van der Waals surface area contributed by atoms with Crippen LogP contribution in [-0.4, -0.2) is 34.2 Å². The van der Waals surface area contributed by atoms with Gasteiger partial charge in [0.2, 0.25) is 0 Å². The topological polar surface area (TPSA) is 60.8 Å². The highest BCUT2D eigenvalue weighted by molar-refractivity contribution is 5.70. The van der Waals surface area contributed by atoms with Gasteiger partial charge in [-0.3, -0.25) is 9.69 Å². The van der Waals surface area contributed by atoms with Gasteiger partial charge in [-0.25, -0.2) is 0 Å². The van der Waals surface area contributed by atoms with E-state index in [1.165, 1.54) is 0 Å². The molecule has 0 spiro atoms. The summed E-state index contributed by atoms with van der Waals surface area (Å²) in [7, 11) is 0. The highest BCUT2D eigenvalue weighted by Crippen LogP contribution is 2.25. The minimum atomic E-state index is -0.699. The van der Waals surface area contributed by atoms with Gasteiger partial charge in [-0.05, 0) is 43.5 Å². The van der Waals surface area contributed by atoms with E-state index in [0.29, 0.717) is 12.3 Å². The number of aryl methyl sites for hydroxylation is 2. The van der Waals surface area contributed by atoms with Crippen molar-refractivity contribution in [2.75, 3.05) is 13.1 Å². The molecule has 1 aromatic rings. The first kappa shape index (κ1) is 12.9. The van der Waals surface area contributed by atoms with Crippen molar-refractivity contribution in [2.24, 2.45) is 5.92 Å². The summed E-state index contributed by atoms with van der Waals surface area (Å²) >= 11 is 0. The van der Waals surface area contributed by atoms with Gasteiger partial charge in [-0.2, -0.15) is 0 Å². The molecule has 2 rings (SSSR count). The van der Waals surface area contributed by atoms with Gasteiger partial charge in [0.15, 0.2) is 0 Å². The number of likely N-dealkylation sites (tertiary alicyclic amines) is 1. The van der Waals surface area contributed by atoms with Gasteiger partial charge in [0.1, 0.15) is 5.75 Å². The molecule has 4 nitrogen and oxygen atoms in total. The molecule has 0 saturated carbocycles. The summed E-state index contributed by atoms with van der Waals surface area (Å²) < 4.78 is 0. The van der Waals surface area contributed by atoms with E-state index in [0.717, 1.165) is 36.2 Å². The lowest BCUT2D eigenvalue weighted by Gasteiger charge is -2.16. The minimum absolute atomic E-state index is 0.232. The largest absolute Gasteiger partial charge is 0.507 e. The van der Waals surface area contributed by atoms with Crippen LogP contribution in [0.2, 0.25) is 0 Å². The molecule has 0 aromatic heterocycles. The molecule has 18 heavy (non-hydrogen) atoms. The van der Waals surface area contributed by atoms with Gasteiger partial charge < -0.3 is 10.2 Å². The molecule has 1 aliphatic heterocycles. The fourth-order valence-electron chi connectivity index (χ4n) is 2.57. The van der Waals surface area contributed by atoms with Crippen molar-refractivity contribution in [1.82, 2.24) is 4.90 Å². The van der Waals surface area contributed by atoms with Crippen molar-refractivity contribution in [3.05, 3.63) is 28.8 Å². The van der Waals surface area contributed by atoms with E-state index in [4.69, 9.17) is 5.11 Å². The molecule has 1 saturated heterocycles. The van der Waals surface area contributed by atoms with Crippen molar-refractivity contribution in [2.45, 2.75) is 26.8 Å². The highest BCUT2D eigenvalue weighted by atomic mass is 16.4. The van der Waals surface area contributed by atoms with Gasteiger partial charge in [0.25, 0.3) is 0 Å². The molecule has 98 valence electrons. The van der Waals surface area contributed by atoms with Crippen molar-refractivity contribution in [1.29, 1.82) is 0 Å². The Hall–Kier alpha value is -1.55. The SMILES string of the molecule is Cc1cc(CN2CCC(C(=O)O)C2)cc(C)c1O. The van der Waals surface area contributed by atoms with Crippen LogP contribution in [0.4, 0.5) is 0 Å². The molecule has 0 aliphatic carbocycles. The van der Waals surface area contributed by atoms with Crippen LogP contribution in [0.25, 0.3) is 0 Å². The maximum absolute atomic E-state index is 10.9. The minimum Gasteiger partial charge on any atom is -0.507 e. The number of rotatable bonds is 3. The first-order valence-electron chi connectivity index (χ1n) is 6.21. The quantitative estimate of drug-likeness (QED) is 0.859. The van der Waals surface area contributed by atoms with Crippen LogP contribution < -0.4 is 0 Å². The number of carbonyl (C=O) groups is 1. The summed E-state index contributed by atoms with van der Waals surface area (Å²) in [5.41, 5.74) is 2.88. The molecule has 0 radical (unpaired) electrons. The number of aromatic hydroxyl groups is 1. The van der Waals surface area contributed by atoms with Crippen LogP contribution in [0.5, 0.6) is 5.75 Å². The third-order valence-electron chi connectivity index (χ3n) is 3.58. The fourth-order valence-corrected chi connectivity index (χ4v) is 2.57. The lowest BCUT2D eigenvalue weighted by molar-refractivity contribution is -0.141. The average Bonchev–Trinajstić information content (AvgIpc) is 2.74. The average molecular weight is 249 g/mol. The van der Waals surface area contributed by atoms with Crippen LogP contribution in [0, 0.1) is 19.8 Å². The number of nitrogens with zero attached hydrogens (tertiary/aromatic N) is 1. The predicted molar refractivity (Wildman–Crippen MR) is 68.6 cm³/mol. The molecular formula is C14H19NO3. The third-order valence-corrected chi connectivity index (χ3v) is 3.58. The second kappa shape index (κ2) is 4.98. The fraction of sp³-hybridized carbons (Fsp3) is 0.500. The summed E-state index contributed by atoms with van der Waals surface area (Å²) in [5.74, 6) is -0.580. The number of phenolic OH excluding ortho intramolecular Hbond substituents is 1. The smallest absolute Gasteiger partial charge is 0.307 e.